The minimum atomic E-state index is -3.40. The number of carbonyl (C=O) groups excluding carboxylic acids is 2. The Morgan fingerprint density at radius 2 is 1.67 bits per heavy atom. The molecule has 0 radical (unpaired) electrons. The van der Waals surface area contributed by atoms with Gasteiger partial charge >= 0.3 is 6.03 Å². The summed E-state index contributed by atoms with van der Waals surface area (Å²) in [5, 5.41) is 16.3. The zero-order chi connectivity index (χ0) is 34.6. The average molecular weight is 677 g/mol. The van der Waals surface area contributed by atoms with Crippen molar-refractivity contribution < 1.29 is 32.3 Å². The van der Waals surface area contributed by atoms with E-state index in [1.54, 1.807) is 29.2 Å². The molecular formula is C36H39F3N6O4. The summed E-state index contributed by atoms with van der Waals surface area (Å²) in [6.07, 6.45) is 5.12. The molecule has 1 saturated heterocycles. The first-order valence-corrected chi connectivity index (χ1v) is 16.5. The van der Waals surface area contributed by atoms with E-state index < -0.39 is 40.7 Å². The first-order chi connectivity index (χ1) is 23.5. The third-order valence-corrected chi connectivity index (χ3v) is 9.32. The number of alkyl halides is 2. The molecule has 2 aliphatic rings. The van der Waals surface area contributed by atoms with Gasteiger partial charge in [0, 0.05) is 39.5 Å². The fraction of sp³-hybridized carbons (Fsp3) is 0.389. The maximum atomic E-state index is 14.5. The average Bonchev–Trinajstić information content (AvgIpc) is 3.56. The lowest BCUT2D eigenvalue weighted by Crippen LogP contribution is -2.50. The number of amides is 3. The smallest absolute Gasteiger partial charge is 0.322 e. The van der Waals surface area contributed by atoms with E-state index in [1.165, 1.54) is 18.3 Å². The molecule has 2 fully saturated rings. The van der Waals surface area contributed by atoms with E-state index in [-0.39, 0.29) is 23.2 Å². The molecule has 1 aliphatic heterocycles. The van der Waals surface area contributed by atoms with Gasteiger partial charge in [0.2, 0.25) is 5.76 Å². The van der Waals surface area contributed by atoms with Crippen LogP contribution in [0.1, 0.15) is 66.7 Å². The second kappa shape index (κ2) is 14.3. The monoisotopic (exact) mass is 676 g/mol. The number of oxazole rings is 1. The summed E-state index contributed by atoms with van der Waals surface area (Å²) in [5.41, 5.74) is -0.283. The Kier molecular flexibility index (Phi) is 9.91. The molecule has 3 N–H and O–H groups in total. The van der Waals surface area contributed by atoms with Crippen LogP contribution in [0.4, 0.5) is 35.2 Å². The van der Waals surface area contributed by atoms with Crippen molar-refractivity contribution in [3.63, 3.8) is 0 Å². The van der Waals surface area contributed by atoms with E-state index in [1.807, 2.05) is 35.2 Å². The van der Waals surface area contributed by atoms with Gasteiger partial charge in [-0.25, -0.2) is 19.2 Å². The minimum Gasteiger partial charge on any atom is -0.435 e. The number of rotatable bonds is 9. The van der Waals surface area contributed by atoms with Gasteiger partial charge in [-0.1, -0.05) is 42.5 Å². The van der Waals surface area contributed by atoms with Gasteiger partial charge in [0.1, 0.15) is 11.6 Å². The van der Waals surface area contributed by atoms with Crippen molar-refractivity contribution in [1.29, 1.82) is 0 Å². The number of hydrogen-bond donors (Lipinski definition) is 3. The van der Waals surface area contributed by atoms with Crippen molar-refractivity contribution in [3.8, 4) is 0 Å². The molecule has 2 aromatic heterocycles. The molecule has 3 heterocycles. The molecule has 0 spiro atoms. The van der Waals surface area contributed by atoms with E-state index >= 15 is 0 Å². The molecule has 49 heavy (non-hydrogen) atoms. The van der Waals surface area contributed by atoms with Crippen LogP contribution in [0.5, 0.6) is 0 Å². The third-order valence-electron chi connectivity index (χ3n) is 9.32. The molecule has 13 heteroatoms. The standard InChI is InChI=1S/C36H39F3N6O4/c1-35(38,39)32-31(49-30(43-32)14-11-24-15-17-36(48,18-16-24)25-7-3-2-4-8-25)33(46)41-26-12-13-29(40-23-26)44-19-21-45(22-20-44)34(47)42-28-10-6-5-9-27(28)37/h2-10,12-13,23-24,48H,11,14-22H2,1H3,(H,41,46)(H,42,47). The molecule has 0 atom stereocenters. The summed E-state index contributed by atoms with van der Waals surface area (Å²) in [6, 6.07) is 18.5. The highest BCUT2D eigenvalue weighted by Crippen LogP contribution is 2.41. The molecule has 2 aromatic carbocycles. The normalized spacial score (nSPS) is 19.8. The summed E-state index contributed by atoms with van der Waals surface area (Å²) in [5.74, 6) is -4.36. The van der Waals surface area contributed by atoms with E-state index in [0.29, 0.717) is 64.6 Å². The molecule has 0 unspecified atom stereocenters. The number of urea groups is 1. The van der Waals surface area contributed by atoms with Crippen LogP contribution < -0.4 is 15.5 Å². The van der Waals surface area contributed by atoms with Crippen LogP contribution in [0.25, 0.3) is 0 Å². The molecule has 6 rings (SSSR count). The molecule has 3 amide bonds. The number of hydrogen-bond acceptors (Lipinski definition) is 7. The summed E-state index contributed by atoms with van der Waals surface area (Å²) in [7, 11) is 0. The highest BCUT2D eigenvalue weighted by molar-refractivity contribution is 6.03. The second-order valence-corrected chi connectivity index (χ2v) is 12.8. The summed E-state index contributed by atoms with van der Waals surface area (Å²) in [4.78, 5) is 37.7. The largest absolute Gasteiger partial charge is 0.435 e. The number of carbonyl (C=O) groups is 2. The maximum absolute atomic E-state index is 14.5. The Morgan fingerprint density at radius 1 is 0.980 bits per heavy atom. The van der Waals surface area contributed by atoms with Gasteiger partial charge in [-0.2, -0.15) is 8.78 Å². The number of aryl methyl sites for hydroxylation is 1. The van der Waals surface area contributed by atoms with Gasteiger partial charge in [-0.15, -0.1) is 0 Å². The van der Waals surface area contributed by atoms with Gasteiger partial charge in [0.15, 0.2) is 11.6 Å². The van der Waals surface area contributed by atoms with Gasteiger partial charge < -0.3 is 30.0 Å². The number of para-hydroxylation sites is 1. The Morgan fingerprint density at radius 3 is 2.33 bits per heavy atom. The van der Waals surface area contributed by atoms with E-state index in [0.717, 1.165) is 18.4 Å². The zero-order valence-corrected chi connectivity index (χ0v) is 27.2. The number of nitrogens with one attached hydrogen (secondary N) is 2. The van der Waals surface area contributed by atoms with Crippen LogP contribution in [0, 0.1) is 11.7 Å². The van der Waals surface area contributed by atoms with Gasteiger partial charge in [0.25, 0.3) is 11.8 Å². The van der Waals surface area contributed by atoms with E-state index in [9.17, 15) is 27.9 Å². The Labute approximate surface area is 282 Å². The first kappa shape index (κ1) is 34.0. The lowest BCUT2D eigenvalue weighted by Gasteiger charge is -2.36. The van der Waals surface area contributed by atoms with Crippen LogP contribution in [0.2, 0.25) is 0 Å². The van der Waals surface area contributed by atoms with Crippen molar-refractivity contribution in [2.45, 2.75) is 57.0 Å². The predicted molar refractivity (Wildman–Crippen MR) is 178 cm³/mol. The molecule has 4 aromatic rings. The number of aromatic nitrogens is 2. The van der Waals surface area contributed by atoms with Gasteiger partial charge in [-0.05, 0) is 67.9 Å². The second-order valence-electron chi connectivity index (χ2n) is 12.8. The van der Waals surface area contributed by atoms with Crippen molar-refractivity contribution in [1.82, 2.24) is 14.9 Å². The lowest BCUT2D eigenvalue weighted by atomic mass is 9.74. The van der Waals surface area contributed by atoms with Crippen molar-refractivity contribution in [2.24, 2.45) is 5.92 Å². The fourth-order valence-electron chi connectivity index (χ4n) is 6.46. The van der Waals surface area contributed by atoms with Crippen LogP contribution in [0.3, 0.4) is 0 Å². The first-order valence-electron chi connectivity index (χ1n) is 16.5. The fourth-order valence-corrected chi connectivity index (χ4v) is 6.46. The van der Waals surface area contributed by atoms with Crippen molar-refractivity contribution in [3.05, 3.63) is 102 Å². The topological polar surface area (TPSA) is 124 Å². The summed E-state index contributed by atoms with van der Waals surface area (Å²) < 4.78 is 48.6. The molecule has 1 saturated carbocycles. The Bertz CT molecular complexity index is 1750. The highest BCUT2D eigenvalue weighted by atomic mass is 19.3. The maximum Gasteiger partial charge on any atom is 0.322 e. The van der Waals surface area contributed by atoms with E-state index in [2.05, 4.69) is 20.6 Å². The number of halogens is 3. The van der Waals surface area contributed by atoms with Gasteiger partial charge in [0.05, 0.1) is 23.2 Å². The van der Waals surface area contributed by atoms with Crippen molar-refractivity contribution in [2.75, 3.05) is 41.7 Å². The van der Waals surface area contributed by atoms with Crippen LogP contribution in [-0.4, -0.2) is 58.1 Å². The number of piperazine rings is 1. The number of nitrogens with zero attached hydrogens (tertiary/aromatic N) is 4. The van der Waals surface area contributed by atoms with E-state index in [4.69, 9.17) is 4.42 Å². The Balaban J connectivity index is 1.02. The van der Waals surface area contributed by atoms with Crippen molar-refractivity contribution >= 4 is 29.1 Å². The highest BCUT2D eigenvalue weighted by Gasteiger charge is 2.38. The molecule has 1 aliphatic carbocycles. The molecule has 258 valence electrons. The summed E-state index contributed by atoms with van der Waals surface area (Å²) in [6.45, 7) is 2.41. The van der Waals surface area contributed by atoms with Crippen LogP contribution in [0.15, 0.2) is 77.3 Å². The predicted octanol–water partition coefficient (Wildman–Crippen LogP) is 6.94. The zero-order valence-electron chi connectivity index (χ0n) is 27.2. The lowest BCUT2D eigenvalue weighted by molar-refractivity contribution is -0.0152. The quantitative estimate of drug-likeness (QED) is 0.176. The number of aliphatic hydroxyl groups is 1. The van der Waals surface area contributed by atoms with Crippen LogP contribution in [-0.2, 0) is 17.9 Å². The SMILES string of the molecule is CC(F)(F)c1nc(CCC2CCC(O)(c3ccccc3)CC2)oc1C(=O)Nc1ccc(N2CCN(C(=O)Nc3ccccc3F)CC2)nc1. The van der Waals surface area contributed by atoms with Gasteiger partial charge in [-0.3, -0.25) is 4.79 Å². The van der Waals surface area contributed by atoms with Crippen LogP contribution >= 0.6 is 0 Å². The summed E-state index contributed by atoms with van der Waals surface area (Å²) >= 11 is 0. The third kappa shape index (κ3) is 8.05. The number of benzene rings is 2. The molecule has 10 nitrogen and oxygen atoms in total. The minimum absolute atomic E-state index is 0.0702. The number of anilines is 3. The Hall–Kier alpha value is -4.91. The molecular weight excluding hydrogens is 637 g/mol. The number of pyridine rings is 1. The molecule has 0 bridgehead atoms.